The minimum atomic E-state index is 0.908. The van der Waals surface area contributed by atoms with Crippen LogP contribution in [0.3, 0.4) is 0 Å². The van der Waals surface area contributed by atoms with Gasteiger partial charge in [-0.25, -0.2) is 0 Å². The normalized spacial score (nSPS) is 21.3. The van der Waals surface area contributed by atoms with Crippen molar-refractivity contribution in [1.29, 1.82) is 0 Å². The Bertz CT molecular complexity index is 353. The summed E-state index contributed by atoms with van der Waals surface area (Å²) in [5.74, 6) is 0.908. The molecule has 0 spiro atoms. The first-order valence-corrected chi connectivity index (χ1v) is 6.82. The van der Waals surface area contributed by atoms with Crippen LogP contribution in [0.25, 0.3) is 0 Å². The van der Waals surface area contributed by atoms with E-state index in [1.807, 2.05) is 12.1 Å². The molecule has 0 radical (unpaired) electrons. The number of nitrogens with two attached hydrogens (primary N) is 1. The molecule has 1 aliphatic rings. The molecule has 1 heterocycles. The first-order valence-electron chi connectivity index (χ1n) is 6.82. The van der Waals surface area contributed by atoms with Gasteiger partial charge >= 0.3 is 0 Å². The van der Waals surface area contributed by atoms with E-state index in [4.69, 9.17) is 5.73 Å². The highest BCUT2D eigenvalue weighted by atomic mass is 15.1. The Balaban J connectivity index is 2.17. The smallest absolute Gasteiger partial charge is 0.0629 e. The fraction of sp³-hybridized carbons (Fsp3) is 0.600. The average molecular weight is 232 g/mol. The van der Waals surface area contributed by atoms with Crippen molar-refractivity contribution in [1.82, 2.24) is 0 Å². The van der Waals surface area contributed by atoms with E-state index >= 15 is 0 Å². The molecule has 0 aliphatic carbocycles. The summed E-state index contributed by atoms with van der Waals surface area (Å²) >= 11 is 0. The van der Waals surface area contributed by atoms with E-state index < -0.39 is 0 Å². The van der Waals surface area contributed by atoms with Crippen molar-refractivity contribution in [3.63, 3.8) is 0 Å². The molecule has 0 aromatic heterocycles. The highest BCUT2D eigenvalue weighted by molar-refractivity contribution is 5.71. The van der Waals surface area contributed by atoms with Gasteiger partial charge in [-0.3, -0.25) is 0 Å². The number of anilines is 2. The average Bonchev–Trinajstić information content (AvgIpc) is 2.54. The Morgan fingerprint density at radius 3 is 2.82 bits per heavy atom. The number of nitrogens with zero attached hydrogens (tertiary/aromatic N) is 1. The van der Waals surface area contributed by atoms with Crippen LogP contribution in [0.5, 0.6) is 0 Å². The second-order valence-electron chi connectivity index (χ2n) is 5.20. The van der Waals surface area contributed by atoms with Crippen molar-refractivity contribution in [2.75, 3.05) is 23.7 Å². The molecule has 1 fully saturated rings. The van der Waals surface area contributed by atoms with E-state index in [0.29, 0.717) is 0 Å². The van der Waals surface area contributed by atoms with Gasteiger partial charge in [0.1, 0.15) is 0 Å². The standard InChI is InChI=1S/C15H24N2/c1-3-13-7-5-10-17(11-9-13)15-12(2)6-4-8-14(15)16/h4,6,8,13H,3,5,7,9-11,16H2,1-2H3. The molecule has 1 saturated heterocycles. The Labute approximate surface area is 105 Å². The van der Waals surface area contributed by atoms with Gasteiger partial charge in [0.25, 0.3) is 0 Å². The number of aryl methyl sites for hydroxylation is 1. The van der Waals surface area contributed by atoms with Crippen LogP contribution in [-0.2, 0) is 0 Å². The predicted molar refractivity (Wildman–Crippen MR) is 75.4 cm³/mol. The summed E-state index contributed by atoms with van der Waals surface area (Å²) in [4.78, 5) is 2.49. The molecule has 94 valence electrons. The Hall–Kier alpha value is -1.18. The van der Waals surface area contributed by atoms with Gasteiger partial charge in [-0.05, 0) is 43.7 Å². The van der Waals surface area contributed by atoms with Gasteiger partial charge in [0.05, 0.1) is 11.4 Å². The summed E-state index contributed by atoms with van der Waals surface area (Å²) in [6.45, 7) is 6.79. The number of para-hydroxylation sites is 1. The summed E-state index contributed by atoms with van der Waals surface area (Å²) in [5.41, 5.74) is 9.63. The molecule has 2 N–H and O–H groups in total. The quantitative estimate of drug-likeness (QED) is 0.789. The van der Waals surface area contributed by atoms with Crippen molar-refractivity contribution in [3.8, 4) is 0 Å². The lowest BCUT2D eigenvalue weighted by Gasteiger charge is -2.26. The zero-order chi connectivity index (χ0) is 12.3. The first kappa shape index (κ1) is 12.3. The van der Waals surface area contributed by atoms with Gasteiger partial charge in [-0.1, -0.05) is 25.5 Å². The van der Waals surface area contributed by atoms with E-state index in [1.165, 1.54) is 36.9 Å². The summed E-state index contributed by atoms with van der Waals surface area (Å²) in [6.07, 6.45) is 5.30. The third-order valence-electron chi connectivity index (χ3n) is 4.01. The SMILES string of the molecule is CCC1CCCN(c2c(C)cccc2N)CC1. The molecule has 1 aromatic carbocycles. The zero-order valence-electron chi connectivity index (χ0n) is 11.1. The Kier molecular flexibility index (Phi) is 3.93. The summed E-state index contributed by atoms with van der Waals surface area (Å²) < 4.78 is 0. The van der Waals surface area contributed by atoms with Crippen LogP contribution in [0.4, 0.5) is 11.4 Å². The molecule has 1 atom stereocenters. The maximum atomic E-state index is 6.13. The molecule has 0 amide bonds. The van der Waals surface area contributed by atoms with Gasteiger partial charge in [0.2, 0.25) is 0 Å². The van der Waals surface area contributed by atoms with Crippen LogP contribution >= 0.6 is 0 Å². The van der Waals surface area contributed by atoms with Crippen LogP contribution in [-0.4, -0.2) is 13.1 Å². The van der Waals surface area contributed by atoms with Crippen LogP contribution in [0.2, 0.25) is 0 Å². The molecule has 2 rings (SSSR count). The van der Waals surface area contributed by atoms with Crippen molar-refractivity contribution < 1.29 is 0 Å². The largest absolute Gasteiger partial charge is 0.397 e. The third-order valence-corrected chi connectivity index (χ3v) is 4.01. The van der Waals surface area contributed by atoms with Crippen LogP contribution < -0.4 is 10.6 Å². The predicted octanol–water partition coefficient (Wildman–Crippen LogP) is 3.59. The molecule has 0 bridgehead atoms. The fourth-order valence-electron chi connectivity index (χ4n) is 2.91. The molecule has 1 unspecified atom stereocenters. The highest BCUT2D eigenvalue weighted by Gasteiger charge is 2.18. The van der Waals surface area contributed by atoms with Crippen LogP contribution in [0.15, 0.2) is 18.2 Å². The van der Waals surface area contributed by atoms with Crippen molar-refractivity contribution in [2.45, 2.75) is 39.5 Å². The number of hydrogen-bond acceptors (Lipinski definition) is 2. The van der Waals surface area contributed by atoms with Gasteiger partial charge in [-0.2, -0.15) is 0 Å². The van der Waals surface area contributed by atoms with E-state index in [2.05, 4.69) is 24.8 Å². The van der Waals surface area contributed by atoms with Crippen molar-refractivity contribution >= 4 is 11.4 Å². The van der Waals surface area contributed by atoms with E-state index in [0.717, 1.165) is 24.7 Å². The molecule has 1 aliphatic heterocycles. The summed E-state index contributed by atoms with van der Waals surface area (Å²) in [6, 6.07) is 6.22. The summed E-state index contributed by atoms with van der Waals surface area (Å²) in [7, 11) is 0. The Morgan fingerprint density at radius 1 is 1.29 bits per heavy atom. The topological polar surface area (TPSA) is 29.3 Å². The maximum Gasteiger partial charge on any atom is 0.0629 e. The molecular weight excluding hydrogens is 208 g/mol. The lowest BCUT2D eigenvalue weighted by molar-refractivity contribution is 0.459. The van der Waals surface area contributed by atoms with Crippen LogP contribution in [0.1, 0.15) is 38.2 Å². The van der Waals surface area contributed by atoms with Gasteiger partial charge in [0.15, 0.2) is 0 Å². The minimum Gasteiger partial charge on any atom is -0.397 e. The molecule has 1 aromatic rings. The fourth-order valence-corrected chi connectivity index (χ4v) is 2.91. The number of rotatable bonds is 2. The van der Waals surface area contributed by atoms with Gasteiger partial charge < -0.3 is 10.6 Å². The second kappa shape index (κ2) is 5.44. The van der Waals surface area contributed by atoms with E-state index in [9.17, 15) is 0 Å². The molecule has 2 heteroatoms. The lowest BCUT2D eigenvalue weighted by atomic mass is 9.98. The first-order chi connectivity index (χ1) is 8.22. The molecule has 0 saturated carbocycles. The van der Waals surface area contributed by atoms with E-state index in [1.54, 1.807) is 0 Å². The Morgan fingerprint density at radius 2 is 2.12 bits per heavy atom. The number of benzene rings is 1. The summed E-state index contributed by atoms with van der Waals surface area (Å²) in [5, 5.41) is 0. The highest BCUT2D eigenvalue weighted by Crippen LogP contribution is 2.30. The number of nitrogen functional groups attached to an aromatic ring is 1. The van der Waals surface area contributed by atoms with Crippen molar-refractivity contribution in [2.24, 2.45) is 5.92 Å². The monoisotopic (exact) mass is 232 g/mol. The van der Waals surface area contributed by atoms with Crippen LogP contribution in [0, 0.1) is 12.8 Å². The minimum absolute atomic E-state index is 0.908. The number of hydrogen-bond donors (Lipinski definition) is 1. The molecule has 2 nitrogen and oxygen atoms in total. The van der Waals surface area contributed by atoms with Gasteiger partial charge in [0, 0.05) is 13.1 Å². The molecular formula is C15H24N2. The van der Waals surface area contributed by atoms with Crippen molar-refractivity contribution in [3.05, 3.63) is 23.8 Å². The van der Waals surface area contributed by atoms with E-state index in [-0.39, 0.29) is 0 Å². The lowest BCUT2D eigenvalue weighted by Crippen LogP contribution is -2.26. The molecule has 17 heavy (non-hydrogen) atoms. The maximum absolute atomic E-state index is 6.13. The second-order valence-corrected chi connectivity index (χ2v) is 5.20. The van der Waals surface area contributed by atoms with Gasteiger partial charge in [-0.15, -0.1) is 0 Å². The zero-order valence-corrected chi connectivity index (χ0v) is 11.1. The third kappa shape index (κ3) is 2.74.